The molecule has 0 aliphatic carbocycles. The van der Waals surface area contributed by atoms with E-state index in [-0.39, 0.29) is 17.9 Å². The molecule has 1 aromatic heterocycles. The Kier molecular flexibility index (Phi) is 4.91. The normalized spacial score (nSPS) is 18.7. The molecule has 4 nitrogen and oxygen atoms in total. The Labute approximate surface area is 137 Å². The third-order valence-corrected chi connectivity index (χ3v) is 4.29. The summed E-state index contributed by atoms with van der Waals surface area (Å²) in [5.74, 6) is 0.762. The number of aromatic nitrogens is 1. The molecule has 2 heterocycles. The number of carbonyl (C=O) groups excluding carboxylic acids is 1. The van der Waals surface area contributed by atoms with Crippen molar-refractivity contribution in [1.82, 2.24) is 9.88 Å². The first kappa shape index (κ1) is 15.5. The van der Waals surface area contributed by atoms with Crippen LogP contribution in [0.25, 0.3) is 0 Å². The van der Waals surface area contributed by atoms with Gasteiger partial charge >= 0.3 is 0 Å². The first-order chi connectivity index (χ1) is 11.3. The number of hydrogen-bond acceptors (Lipinski definition) is 3. The molecular weight excluding hydrogens is 288 g/mol. The van der Waals surface area contributed by atoms with Crippen molar-refractivity contribution in [2.24, 2.45) is 0 Å². The molecule has 2 aromatic rings. The second kappa shape index (κ2) is 7.27. The summed E-state index contributed by atoms with van der Waals surface area (Å²) in [6, 6.07) is 15.6. The Morgan fingerprint density at radius 2 is 2.04 bits per heavy atom. The molecule has 3 rings (SSSR count). The van der Waals surface area contributed by atoms with Crippen LogP contribution in [0.3, 0.4) is 0 Å². The number of likely N-dealkylation sites (tertiary alicyclic amines) is 1. The summed E-state index contributed by atoms with van der Waals surface area (Å²) >= 11 is 0. The van der Waals surface area contributed by atoms with E-state index in [0.717, 1.165) is 24.9 Å². The molecule has 1 aliphatic rings. The molecule has 0 saturated carbocycles. The fourth-order valence-electron chi connectivity index (χ4n) is 3.07. The van der Waals surface area contributed by atoms with Crippen molar-refractivity contribution in [2.75, 3.05) is 13.1 Å². The average Bonchev–Trinajstić information content (AvgIpc) is 3.06. The maximum Gasteiger partial charge on any atom is 0.230 e. The Morgan fingerprint density at radius 1 is 1.26 bits per heavy atom. The van der Waals surface area contributed by atoms with Gasteiger partial charge < -0.3 is 9.64 Å². The standard InChI is InChI=1S/C19H22N2O2/c1-2-17(15-8-4-3-5-9-15)19(22)21-13-11-16(14-21)23-18-10-6-7-12-20-18/h3-10,12,16-17H,2,11,13-14H2,1H3. The van der Waals surface area contributed by atoms with Crippen molar-refractivity contribution >= 4 is 5.91 Å². The summed E-state index contributed by atoms with van der Waals surface area (Å²) in [7, 11) is 0. The van der Waals surface area contributed by atoms with Gasteiger partial charge in [0.2, 0.25) is 11.8 Å². The minimum absolute atomic E-state index is 0.0297. The molecular formula is C19H22N2O2. The topological polar surface area (TPSA) is 42.4 Å². The molecule has 0 spiro atoms. The van der Waals surface area contributed by atoms with Gasteiger partial charge in [0.25, 0.3) is 0 Å². The molecule has 1 amide bonds. The number of carbonyl (C=O) groups is 1. The summed E-state index contributed by atoms with van der Waals surface area (Å²) in [5, 5.41) is 0. The maximum absolute atomic E-state index is 12.8. The average molecular weight is 310 g/mol. The van der Waals surface area contributed by atoms with E-state index in [1.54, 1.807) is 6.20 Å². The van der Waals surface area contributed by atoms with E-state index in [2.05, 4.69) is 11.9 Å². The van der Waals surface area contributed by atoms with Gasteiger partial charge in [-0.25, -0.2) is 4.98 Å². The number of nitrogens with zero attached hydrogens (tertiary/aromatic N) is 2. The van der Waals surface area contributed by atoms with Crippen LogP contribution in [-0.2, 0) is 4.79 Å². The van der Waals surface area contributed by atoms with Gasteiger partial charge in [-0.15, -0.1) is 0 Å². The second-order valence-corrected chi connectivity index (χ2v) is 5.85. The number of benzene rings is 1. The first-order valence-corrected chi connectivity index (χ1v) is 8.19. The van der Waals surface area contributed by atoms with Crippen LogP contribution in [0.5, 0.6) is 5.88 Å². The van der Waals surface area contributed by atoms with Crippen LogP contribution in [0, 0.1) is 0 Å². The summed E-state index contributed by atoms with van der Waals surface area (Å²) in [6.45, 7) is 3.45. The van der Waals surface area contributed by atoms with Crippen LogP contribution >= 0.6 is 0 Å². The molecule has 2 atom stereocenters. The highest BCUT2D eigenvalue weighted by Crippen LogP contribution is 2.25. The van der Waals surface area contributed by atoms with Crippen LogP contribution < -0.4 is 4.74 Å². The largest absolute Gasteiger partial charge is 0.472 e. The van der Waals surface area contributed by atoms with Crippen LogP contribution in [-0.4, -0.2) is 35.0 Å². The summed E-state index contributed by atoms with van der Waals surface area (Å²) in [5.41, 5.74) is 1.09. The third-order valence-electron chi connectivity index (χ3n) is 4.29. The molecule has 2 unspecified atom stereocenters. The summed E-state index contributed by atoms with van der Waals surface area (Å²) in [6.07, 6.45) is 3.41. The maximum atomic E-state index is 12.8. The van der Waals surface area contributed by atoms with Crippen molar-refractivity contribution in [1.29, 1.82) is 0 Å². The van der Waals surface area contributed by atoms with Crippen molar-refractivity contribution in [3.63, 3.8) is 0 Å². The van der Waals surface area contributed by atoms with E-state index in [4.69, 9.17) is 4.74 Å². The molecule has 1 aromatic carbocycles. The molecule has 0 radical (unpaired) electrons. The molecule has 1 saturated heterocycles. The van der Waals surface area contributed by atoms with Crippen LogP contribution in [0.15, 0.2) is 54.7 Å². The smallest absolute Gasteiger partial charge is 0.230 e. The number of amides is 1. The Hall–Kier alpha value is -2.36. The highest BCUT2D eigenvalue weighted by Gasteiger charge is 2.31. The van der Waals surface area contributed by atoms with Gasteiger partial charge in [-0.05, 0) is 18.1 Å². The van der Waals surface area contributed by atoms with Gasteiger partial charge in [0, 0.05) is 25.2 Å². The molecule has 0 N–H and O–H groups in total. The zero-order chi connectivity index (χ0) is 16.1. The fraction of sp³-hybridized carbons (Fsp3) is 0.368. The van der Waals surface area contributed by atoms with E-state index in [1.165, 1.54) is 0 Å². The van der Waals surface area contributed by atoms with E-state index < -0.39 is 0 Å². The lowest BCUT2D eigenvalue weighted by Crippen LogP contribution is -2.34. The zero-order valence-corrected chi connectivity index (χ0v) is 13.4. The minimum atomic E-state index is -0.0650. The molecule has 0 bridgehead atoms. The van der Waals surface area contributed by atoms with Crippen molar-refractivity contribution in [3.8, 4) is 5.88 Å². The SMILES string of the molecule is CCC(C(=O)N1CCC(Oc2ccccn2)C1)c1ccccc1. The first-order valence-electron chi connectivity index (χ1n) is 8.19. The van der Waals surface area contributed by atoms with Gasteiger partial charge in [-0.1, -0.05) is 43.3 Å². The lowest BCUT2D eigenvalue weighted by Gasteiger charge is -2.23. The van der Waals surface area contributed by atoms with Crippen LogP contribution in [0.1, 0.15) is 31.2 Å². The number of rotatable bonds is 5. The quantitative estimate of drug-likeness (QED) is 0.851. The van der Waals surface area contributed by atoms with Crippen LogP contribution in [0.4, 0.5) is 0 Å². The molecule has 1 aliphatic heterocycles. The number of pyridine rings is 1. The van der Waals surface area contributed by atoms with Crippen LogP contribution in [0.2, 0.25) is 0 Å². The number of ether oxygens (including phenoxy) is 1. The second-order valence-electron chi connectivity index (χ2n) is 5.85. The van der Waals surface area contributed by atoms with Gasteiger partial charge in [-0.3, -0.25) is 4.79 Å². The predicted octanol–water partition coefficient (Wildman–Crippen LogP) is 3.26. The fourth-order valence-corrected chi connectivity index (χ4v) is 3.07. The molecule has 4 heteroatoms. The molecule has 120 valence electrons. The monoisotopic (exact) mass is 310 g/mol. The summed E-state index contributed by atoms with van der Waals surface area (Å²) < 4.78 is 5.87. The lowest BCUT2D eigenvalue weighted by molar-refractivity contribution is -0.132. The highest BCUT2D eigenvalue weighted by atomic mass is 16.5. The predicted molar refractivity (Wildman–Crippen MR) is 89.3 cm³/mol. The third kappa shape index (κ3) is 3.70. The zero-order valence-electron chi connectivity index (χ0n) is 13.4. The van der Waals surface area contributed by atoms with Gasteiger partial charge in [-0.2, -0.15) is 0 Å². The van der Waals surface area contributed by atoms with Crippen molar-refractivity contribution in [2.45, 2.75) is 31.8 Å². The van der Waals surface area contributed by atoms with Crippen molar-refractivity contribution < 1.29 is 9.53 Å². The van der Waals surface area contributed by atoms with E-state index in [0.29, 0.717) is 12.4 Å². The summed E-state index contributed by atoms with van der Waals surface area (Å²) in [4.78, 5) is 18.9. The Morgan fingerprint density at radius 3 is 2.74 bits per heavy atom. The molecule has 23 heavy (non-hydrogen) atoms. The number of hydrogen-bond donors (Lipinski definition) is 0. The van der Waals surface area contributed by atoms with Gasteiger partial charge in [0.05, 0.1) is 12.5 Å². The minimum Gasteiger partial charge on any atom is -0.472 e. The Balaban J connectivity index is 1.62. The van der Waals surface area contributed by atoms with E-state index in [1.807, 2.05) is 53.4 Å². The lowest BCUT2D eigenvalue weighted by atomic mass is 9.95. The van der Waals surface area contributed by atoms with Gasteiger partial charge in [0.1, 0.15) is 6.10 Å². The highest BCUT2D eigenvalue weighted by molar-refractivity contribution is 5.84. The van der Waals surface area contributed by atoms with E-state index in [9.17, 15) is 4.79 Å². The molecule has 1 fully saturated rings. The van der Waals surface area contributed by atoms with E-state index >= 15 is 0 Å². The van der Waals surface area contributed by atoms with Gasteiger partial charge in [0.15, 0.2) is 0 Å². The van der Waals surface area contributed by atoms with Crippen molar-refractivity contribution in [3.05, 3.63) is 60.3 Å². The Bertz CT molecular complexity index is 630.